The predicted molar refractivity (Wildman–Crippen MR) is 61.2 cm³/mol. The predicted octanol–water partition coefficient (Wildman–Crippen LogP) is 1.39. The van der Waals surface area contributed by atoms with Gasteiger partial charge in [0, 0.05) is 25.8 Å². The topological polar surface area (TPSA) is 79.5 Å². The van der Waals surface area contributed by atoms with Crippen LogP contribution in [-0.4, -0.2) is 34.7 Å². The maximum Gasteiger partial charge on any atom is 0.407 e. The molecular formula is C11H17N3O2. The molecule has 0 bridgehead atoms. The van der Waals surface area contributed by atoms with Crippen molar-refractivity contribution in [2.24, 2.45) is 5.73 Å². The zero-order valence-corrected chi connectivity index (χ0v) is 9.55. The molecule has 5 heteroatoms. The normalized spacial score (nSPS) is 12.2. The van der Waals surface area contributed by atoms with Crippen LogP contribution >= 0.6 is 0 Å². The van der Waals surface area contributed by atoms with Gasteiger partial charge in [0.25, 0.3) is 0 Å². The van der Waals surface area contributed by atoms with Crippen molar-refractivity contribution in [2.45, 2.75) is 19.4 Å². The molecule has 1 amide bonds. The average Bonchev–Trinajstić information content (AvgIpc) is 2.26. The molecule has 1 heterocycles. The molecule has 1 aromatic rings. The molecule has 1 aromatic heterocycles. The van der Waals surface area contributed by atoms with Crippen LogP contribution in [0.25, 0.3) is 0 Å². The molecule has 1 rings (SSSR count). The van der Waals surface area contributed by atoms with Crippen molar-refractivity contribution < 1.29 is 9.90 Å². The summed E-state index contributed by atoms with van der Waals surface area (Å²) < 4.78 is 0. The van der Waals surface area contributed by atoms with Crippen LogP contribution < -0.4 is 5.73 Å². The van der Waals surface area contributed by atoms with Gasteiger partial charge in [-0.15, -0.1) is 0 Å². The fraction of sp³-hybridized carbons (Fsp3) is 0.455. The first-order valence-corrected chi connectivity index (χ1v) is 5.13. The van der Waals surface area contributed by atoms with Crippen LogP contribution in [0.15, 0.2) is 18.3 Å². The van der Waals surface area contributed by atoms with Crippen molar-refractivity contribution in [1.29, 1.82) is 0 Å². The van der Waals surface area contributed by atoms with E-state index in [9.17, 15) is 4.79 Å². The van der Waals surface area contributed by atoms with E-state index < -0.39 is 6.09 Å². The van der Waals surface area contributed by atoms with E-state index in [1.54, 1.807) is 6.20 Å². The number of rotatable bonds is 4. The molecule has 5 nitrogen and oxygen atoms in total. The van der Waals surface area contributed by atoms with Crippen molar-refractivity contribution in [2.75, 3.05) is 13.6 Å². The zero-order chi connectivity index (χ0) is 12.1. The lowest BCUT2D eigenvalue weighted by atomic mass is 10.1. The highest BCUT2D eigenvalue weighted by molar-refractivity contribution is 5.64. The number of nitrogens with two attached hydrogens (primary N) is 1. The Morgan fingerprint density at radius 2 is 2.31 bits per heavy atom. The number of pyridine rings is 1. The SMILES string of the molecule is Cc1ccc(C(N)CCN(C)C(=O)O)nc1. The molecule has 1 unspecified atom stereocenters. The fourth-order valence-corrected chi connectivity index (χ4v) is 1.27. The molecule has 16 heavy (non-hydrogen) atoms. The second-order valence-corrected chi connectivity index (χ2v) is 3.86. The summed E-state index contributed by atoms with van der Waals surface area (Å²) in [5, 5.41) is 8.67. The van der Waals surface area contributed by atoms with Gasteiger partial charge < -0.3 is 15.7 Å². The number of nitrogens with zero attached hydrogens (tertiary/aromatic N) is 2. The standard InChI is InChI=1S/C11H17N3O2/c1-8-3-4-10(13-7-8)9(12)5-6-14(2)11(15)16/h3-4,7,9H,5-6,12H2,1-2H3,(H,15,16). The van der Waals surface area contributed by atoms with Gasteiger partial charge in [0.1, 0.15) is 0 Å². The third-order valence-electron chi connectivity index (χ3n) is 2.42. The molecule has 0 aromatic carbocycles. The summed E-state index contributed by atoms with van der Waals surface area (Å²) >= 11 is 0. The highest BCUT2D eigenvalue weighted by Crippen LogP contribution is 2.11. The Balaban J connectivity index is 2.49. The molecule has 88 valence electrons. The van der Waals surface area contributed by atoms with Crippen molar-refractivity contribution in [3.63, 3.8) is 0 Å². The molecule has 3 N–H and O–H groups in total. The molecule has 0 radical (unpaired) electrons. The second-order valence-electron chi connectivity index (χ2n) is 3.86. The summed E-state index contributed by atoms with van der Waals surface area (Å²) in [7, 11) is 1.53. The summed E-state index contributed by atoms with van der Waals surface area (Å²) in [5.41, 5.74) is 7.79. The monoisotopic (exact) mass is 223 g/mol. The van der Waals surface area contributed by atoms with E-state index in [0.29, 0.717) is 13.0 Å². The Morgan fingerprint density at radius 3 is 2.81 bits per heavy atom. The van der Waals surface area contributed by atoms with Gasteiger partial charge in [-0.2, -0.15) is 0 Å². The Kier molecular flexibility index (Phi) is 4.25. The van der Waals surface area contributed by atoms with Gasteiger partial charge in [-0.1, -0.05) is 6.07 Å². The smallest absolute Gasteiger partial charge is 0.407 e. The summed E-state index contributed by atoms with van der Waals surface area (Å²) in [6.45, 7) is 2.37. The number of amides is 1. The minimum atomic E-state index is -0.941. The number of hydrogen-bond acceptors (Lipinski definition) is 3. The van der Waals surface area contributed by atoms with E-state index in [4.69, 9.17) is 10.8 Å². The summed E-state index contributed by atoms with van der Waals surface area (Å²) in [5.74, 6) is 0. The van der Waals surface area contributed by atoms with Crippen LogP contribution in [-0.2, 0) is 0 Å². The molecule has 0 saturated carbocycles. The number of carboxylic acid groups (broad SMARTS) is 1. The summed E-state index contributed by atoms with van der Waals surface area (Å²) in [6.07, 6.45) is 1.39. The van der Waals surface area contributed by atoms with Gasteiger partial charge in [0.15, 0.2) is 0 Å². The van der Waals surface area contributed by atoms with E-state index in [0.717, 1.165) is 11.3 Å². The average molecular weight is 223 g/mol. The Morgan fingerprint density at radius 1 is 1.62 bits per heavy atom. The second kappa shape index (κ2) is 5.46. The van der Waals surface area contributed by atoms with Gasteiger partial charge in [0.05, 0.1) is 5.69 Å². The lowest BCUT2D eigenvalue weighted by molar-refractivity contribution is 0.154. The third kappa shape index (κ3) is 3.51. The highest BCUT2D eigenvalue weighted by Gasteiger charge is 2.11. The van der Waals surface area contributed by atoms with Crippen LogP contribution in [0, 0.1) is 6.92 Å². The maximum atomic E-state index is 10.6. The lowest BCUT2D eigenvalue weighted by Crippen LogP contribution is -2.28. The molecule has 0 spiro atoms. The van der Waals surface area contributed by atoms with Crippen LogP contribution in [0.3, 0.4) is 0 Å². The van der Waals surface area contributed by atoms with Crippen molar-refractivity contribution >= 4 is 6.09 Å². The third-order valence-corrected chi connectivity index (χ3v) is 2.42. The van der Waals surface area contributed by atoms with E-state index >= 15 is 0 Å². The Hall–Kier alpha value is -1.62. The van der Waals surface area contributed by atoms with E-state index in [1.807, 2.05) is 19.1 Å². The molecule has 0 fully saturated rings. The van der Waals surface area contributed by atoms with E-state index in [1.165, 1.54) is 11.9 Å². The van der Waals surface area contributed by atoms with Gasteiger partial charge in [-0.25, -0.2) is 4.79 Å². The number of carbonyl (C=O) groups is 1. The van der Waals surface area contributed by atoms with Crippen molar-refractivity contribution in [3.8, 4) is 0 Å². The van der Waals surface area contributed by atoms with Crippen molar-refractivity contribution in [3.05, 3.63) is 29.6 Å². The van der Waals surface area contributed by atoms with Crippen LogP contribution in [0.4, 0.5) is 4.79 Å². The number of aromatic nitrogens is 1. The first-order valence-electron chi connectivity index (χ1n) is 5.13. The van der Waals surface area contributed by atoms with E-state index in [-0.39, 0.29) is 6.04 Å². The first-order chi connectivity index (χ1) is 7.50. The van der Waals surface area contributed by atoms with Gasteiger partial charge in [-0.3, -0.25) is 4.98 Å². The zero-order valence-electron chi connectivity index (χ0n) is 9.55. The minimum absolute atomic E-state index is 0.220. The number of aryl methyl sites for hydroxylation is 1. The molecule has 0 aliphatic carbocycles. The quantitative estimate of drug-likeness (QED) is 0.808. The number of hydrogen-bond donors (Lipinski definition) is 2. The highest BCUT2D eigenvalue weighted by atomic mass is 16.4. The minimum Gasteiger partial charge on any atom is -0.465 e. The molecular weight excluding hydrogens is 206 g/mol. The maximum absolute atomic E-state index is 10.6. The summed E-state index contributed by atoms with van der Waals surface area (Å²) in [4.78, 5) is 16.0. The first kappa shape index (κ1) is 12.4. The fourth-order valence-electron chi connectivity index (χ4n) is 1.27. The van der Waals surface area contributed by atoms with Crippen LogP contribution in [0.1, 0.15) is 23.7 Å². The molecule has 0 aliphatic heterocycles. The van der Waals surface area contributed by atoms with Crippen molar-refractivity contribution in [1.82, 2.24) is 9.88 Å². The lowest BCUT2D eigenvalue weighted by Gasteiger charge is -2.16. The van der Waals surface area contributed by atoms with Gasteiger partial charge in [-0.05, 0) is 25.0 Å². The van der Waals surface area contributed by atoms with E-state index in [2.05, 4.69) is 4.98 Å². The van der Waals surface area contributed by atoms with Crippen LogP contribution in [0.5, 0.6) is 0 Å². The largest absolute Gasteiger partial charge is 0.465 e. The molecule has 0 aliphatic rings. The Bertz CT molecular complexity index is 351. The van der Waals surface area contributed by atoms with Gasteiger partial charge in [0.2, 0.25) is 0 Å². The molecule has 1 atom stereocenters. The van der Waals surface area contributed by atoms with Gasteiger partial charge >= 0.3 is 6.09 Å². The van der Waals surface area contributed by atoms with Crippen LogP contribution in [0.2, 0.25) is 0 Å². The summed E-state index contributed by atoms with van der Waals surface area (Å²) in [6, 6.07) is 3.60. The Labute approximate surface area is 94.9 Å². The molecule has 0 saturated heterocycles.